The second kappa shape index (κ2) is 12.1. The first-order valence-electron chi connectivity index (χ1n) is 13.8. The van der Waals surface area contributed by atoms with Gasteiger partial charge < -0.3 is 23.7 Å². The van der Waals surface area contributed by atoms with Gasteiger partial charge >= 0.3 is 17.9 Å². The summed E-state index contributed by atoms with van der Waals surface area (Å²) in [5, 5.41) is 0. The molecule has 0 aromatic heterocycles. The van der Waals surface area contributed by atoms with Crippen molar-refractivity contribution in [2.45, 2.75) is 36.3 Å². The van der Waals surface area contributed by atoms with Crippen molar-refractivity contribution < 1.29 is 46.8 Å². The van der Waals surface area contributed by atoms with E-state index in [1.165, 1.54) is 60.7 Å². The lowest BCUT2D eigenvalue weighted by atomic mass is 9.92. The highest BCUT2D eigenvalue weighted by Gasteiger charge is 2.72. The van der Waals surface area contributed by atoms with Gasteiger partial charge in [0.1, 0.15) is 12.7 Å². The van der Waals surface area contributed by atoms with Crippen LogP contribution in [0.1, 0.15) is 36.6 Å². The quantitative estimate of drug-likeness (QED) is 0.182. The van der Waals surface area contributed by atoms with E-state index in [2.05, 4.69) is 0 Å². The molecule has 0 aliphatic carbocycles. The Hall–Kier alpha value is -4.77. The third-order valence-electron chi connectivity index (χ3n) is 7.38. The fourth-order valence-electron chi connectivity index (χ4n) is 5.20. The molecule has 2 aliphatic heterocycles. The molecule has 2 fully saturated rings. The lowest BCUT2D eigenvalue weighted by Gasteiger charge is -2.36. The number of alkyl halides is 2. The number of hydrogen-bond acceptors (Lipinski definition) is 8. The molecule has 0 saturated carbocycles. The van der Waals surface area contributed by atoms with Crippen molar-refractivity contribution in [3.63, 3.8) is 0 Å². The number of halogens is 2. The van der Waals surface area contributed by atoms with Gasteiger partial charge in [-0.2, -0.15) is 8.78 Å². The summed E-state index contributed by atoms with van der Waals surface area (Å²) in [5.41, 5.74) is 0.0650. The maximum atomic E-state index is 16.4. The summed E-state index contributed by atoms with van der Waals surface area (Å²) in [6.07, 6.45) is -5.43. The minimum Gasteiger partial charge on any atom is -0.459 e. The average molecular weight is 601 g/mol. The van der Waals surface area contributed by atoms with Crippen molar-refractivity contribution in [1.82, 2.24) is 0 Å². The fraction of sp³-hybridized carbons (Fsp3) is 0.206. The van der Waals surface area contributed by atoms with Gasteiger partial charge in [0.2, 0.25) is 5.78 Å². The summed E-state index contributed by atoms with van der Waals surface area (Å²) in [4.78, 5) is 39.1. The van der Waals surface area contributed by atoms with Crippen molar-refractivity contribution in [3.8, 4) is 0 Å². The Balaban J connectivity index is 1.33. The van der Waals surface area contributed by atoms with Crippen molar-refractivity contribution in [3.05, 3.63) is 144 Å². The van der Waals surface area contributed by atoms with Crippen LogP contribution in [0.5, 0.6) is 0 Å². The maximum Gasteiger partial charge on any atom is 0.366 e. The highest BCUT2D eigenvalue weighted by Crippen LogP contribution is 2.53. The predicted molar refractivity (Wildman–Crippen MR) is 151 cm³/mol. The number of carbonyl (C=O) groups excluding carboxylic acids is 3. The third kappa shape index (κ3) is 5.39. The van der Waals surface area contributed by atoms with Crippen LogP contribution in [0.25, 0.3) is 0 Å². The molecule has 10 heteroatoms. The van der Waals surface area contributed by atoms with Crippen LogP contribution in [0.4, 0.5) is 8.78 Å². The van der Waals surface area contributed by atoms with Gasteiger partial charge in [-0.15, -0.1) is 0 Å². The topological polar surface area (TPSA) is 97.4 Å². The first-order chi connectivity index (χ1) is 21.3. The summed E-state index contributed by atoms with van der Waals surface area (Å²) >= 11 is 0. The Kier molecular flexibility index (Phi) is 8.05. The molecular weight excluding hydrogens is 574 g/mol. The van der Waals surface area contributed by atoms with Crippen LogP contribution in [0.2, 0.25) is 0 Å². The zero-order valence-corrected chi connectivity index (χ0v) is 23.1. The second-order valence-corrected chi connectivity index (χ2v) is 10.2. The van der Waals surface area contributed by atoms with Crippen LogP contribution in [0, 0.1) is 0 Å². The molecule has 0 N–H and O–H groups in total. The molecule has 8 nitrogen and oxygen atoms in total. The lowest BCUT2D eigenvalue weighted by Crippen LogP contribution is -2.53. The van der Waals surface area contributed by atoms with Crippen LogP contribution in [0.3, 0.4) is 0 Å². The van der Waals surface area contributed by atoms with Crippen molar-refractivity contribution in [2.75, 3.05) is 6.61 Å². The van der Waals surface area contributed by atoms with E-state index in [1.807, 2.05) is 0 Å². The van der Waals surface area contributed by atoms with Gasteiger partial charge in [0.15, 0.2) is 18.5 Å². The van der Waals surface area contributed by atoms with Gasteiger partial charge in [-0.25, -0.2) is 9.59 Å². The summed E-state index contributed by atoms with van der Waals surface area (Å²) in [7, 11) is 0. The van der Waals surface area contributed by atoms with Crippen LogP contribution >= 0.6 is 0 Å². The first-order valence-corrected chi connectivity index (χ1v) is 13.8. The zero-order chi connectivity index (χ0) is 30.7. The number of hydrogen-bond donors (Lipinski definition) is 0. The molecule has 0 radical (unpaired) electrons. The van der Waals surface area contributed by atoms with Gasteiger partial charge in [0.05, 0.1) is 11.1 Å². The molecule has 1 unspecified atom stereocenters. The Morgan fingerprint density at radius 2 is 1.18 bits per heavy atom. The van der Waals surface area contributed by atoms with Gasteiger partial charge in [-0.1, -0.05) is 97.1 Å². The van der Waals surface area contributed by atoms with Crippen molar-refractivity contribution in [1.29, 1.82) is 0 Å². The molecule has 4 aromatic rings. The molecular formula is C34H26F2O8. The number of ether oxygens (including phenoxy) is 5. The molecule has 224 valence electrons. The van der Waals surface area contributed by atoms with E-state index in [-0.39, 0.29) is 22.3 Å². The molecule has 2 aliphatic rings. The minimum absolute atomic E-state index is 0.146. The van der Waals surface area contributed by atoms with E-state index in [9.17, 15) is 14.4 Å². The molecule has 0 bridgehead atoms. The van der Waals surface area contributed by atoms with Gasteiger partial charge in [-0.3, -0.25) is 4.79 Å². The van der Waals surface area contributed by atoms with E-state index in [1.54, 1.807) is 60.7 Å². The van der Waals surface area contributed by atoms with E-state index in [0.717, 1.165) is 0 Å². The SMILES string of the molecule is O=C(OC[C@H]1O[C@@H]2OC(c3ccccc3)(C(F)(F)C(=O)c3ccccc3)O[C@@H]2[C@@H]1OC(=O)c1ccccc1)c1ccccc1. The van der Waals surface area contributed by atoms with Crippen LogP contribution in [-0.4, -0.2) is 54.9 Å². The number of rotatable bonds is 9. The monoisotopic (exact) mass is 600 g/mol. The molecule has 2 heterocycles. The first kappa shape index (κ1) is 29.3. The highest BCUT2D eigenvalue weighted by atomic mass is 19.3. The van der Waals surface area contributed by atoms with Gasteiger partial charge in [-0.05, 0) is 24.3 Å². The average Bonchev–Trinajstić information content (AvgIpc) is 3.61. The zero-order valence-electron chi connectivity index (χ0n) is 23.1. The second-order valence-electron chi connectivity index (χ2n) is 10.2. The molecule has 5 atom stereocenters. The Bertz CT molecular complexity index is 1620. The molecule has 0 amide bonds. The third-order valence-corrected chi connectivity index (χ3v) is 7.38. The highest BCUT2D eigenvalue weighted by molar-refractivity contribution is 6.02. The number of esters is 2. The van der Waals surface area contributed by atoms with Gasteiger partial charge in [0.25, 0.3) is 5.79 Å². The molecule has 44 heavy (non-hydrogen) atoms. The Labute approximate surface area is 251 Å². The number of fused-ring (bicyclic) bond motifs is 1. The van der Waals surface area contributed by atoms with E-state index >= 15 is 8.78 Å². The Morgan fingerprint density at radius 3 is 1.75 bits per heavy atom. The fourth-order valence-corrected chi connectivity index (χ4v) is 5.20. The van der Waals surface area contributed by atoms with Crippen LogP contribution < -0.4 is 0 Å². The summed E-state index contributed by atoms with van der Waals surface area (Å²) in [6, 6.07) is 30.6. The standard InChI is InChI=1S/C34H26F2O8/c35-33(36,29(37)22-13-5-1-6-14-22)34(25-19-11-4-12-20-25)43-28-27(42-31(39)24-17-9-3-10-18-24)26(41-32(28)44-34)21-40-30(38)23-15-7-2-8-16-23/h1-20,26-28,32H,21H2/t26-,27-,28-,32-,34?/m1/s1. The van der Waals surface area contributed by atoms with Crippen molar-refractivity contribution >= 4 is 17.7 Å². The molecule has 0 spiro atoms. The van der Waals surface area contributed by atoms with Gasteiger partial charge in [0, 0.05) is 11.1 Å². The van der Waals surface area contributed by atoms with Crippen LogP contribution in [-0.2, 0) is 29.5 Å². The normalized spacial score (nSPS) is 24.3. The number of benzene rings is 4. The summed E-state index contributed by atoms with van der Waals surface area (Å²) in [6.45, 7) is -0.405. The van der Waals surface area contributed by atoms with E-state index < -0.39 is 60.6 Å². The number of ketones is 1. The van der Waals surface area contributed by atoms with Crippen molar-refractivity contribution in [2.24, 2.45) is 0 Å². The summed E-state index contributed by atoms with van der Waals surface area (Å²) in [5.74, 6) is -10.2. The lowest BCUT2D eigenvalue weighted by molar-refractivity contribution is -0.316. The Morgan fingerprint density at radius 1 is 0.682 bits per heavy atom. The molecule has 4 aromatic carbocycles. The molecule has 2 saturated heterocycles. The minimum atomic E-state index is -4.26. The predicted octanol–water partition coefficient (Wildman–Crippen LogP) is 5.58. The summed E-state index contributed by atoms with van der Waals surface area (Å²) < 4.78 is 61.8. The maximum absolute atomic E-state index is 16.4. The van der Waals surface area contributed by atoms with E-state index in [4.69, 9.17) is 23.7 Å². The largest absolute Gasteiger partial charge is 0.459 e. The number of carbonyl (C=O) groups is 3. The van der Waals surface area contributed by atoms with Crippen LogP contribution in [0.15, 0.2) is 121 Å². The number of Topliss-reactive ketones (excluding diaryl/α,β-unsaturated/α-hetero) is 1. The van der Waals surface area contributed by atoms with E-state index in [0.29, 0.717) is 0 Å². The molecule has 6 rings (SSSR count). The smallest absolute Gasteiger partial charge is 0.366 e.